The lowest BCUT2D eigenvalue weighted by Crippen LogP contribution is -2.32. The van der Waals surface area contributed by atoms with Gasteiger partial charge < -0.3 is 5.32 Å². The Bertz CT molecular complexity index is 344. The van der Waals surface area contributed by atoms with Gasteiger partial charge in [-0.1, -0.05) is 23.8 Å². The van der Waals surface area contributed by atoms with E-state index in [-0.39, 0.29) is 5.56 Å². The van der Waals surface area contributed by atoms with Gasteiger partial charge in [-0.2, -0.15) is 13.2 Å². The van der Waals surface area contributed by atoms with E-state index in [0.29, 0.717) is 5.56 Å². The van der Waals surface area contributed by atoms with E-state index >= 15 is 0 Å². The zero-order valence-electron chi connectivity index (χ0n) is 8.94. The summed E-state index contributed by atoms with van der Waals surface area (Å²) in [4.78, 5) is 0. The third-order valence-electron chi connectivity index (χ3n) is 2.35. The lowest BCUT2D eigenvalue weighted by molar-refractivity contribution is -0.156. The Morgan fingerprint density at radius 2 is 1.80 bits per heavy atom. The largest absolute Gasteiger partial charge is 0.407 e. The molecule has 0 aliphatic rings. The molecule has 84 valence electrons. The Balaban J connectivity index is 3.13. The van der Waals surface area contributed by atoms with Crippen molar-refractivity contribution in [3.8, 4) is 0 Å². The van der Waals surface area contributed by atoms with E-state index in [2.05, 4.69) is 5.32 Å². The summed E-state index contributed by atoms with van der Waals surface area (Å²) in [7, 11) is 1.32. The summed E-state index contributed by atoms with van der Waals surface area (Å²) < 4.78 is 37.9. The van der Waals surface area contributed by atoms with Gasteiger partial charge in [-0.15, -0.1) is 0 Å². The third kappa shape index (κ3) is 2.72. The first-order valence-electron chi connectivity index (χ1n) is 4.67. The van der Waals surface area contributed by atoms with Crippen LogP contribution in [0.25, 0.3) is 0 Å². The van der Waals surface area contributed by atoms with Crippen LogP contribution in [0.5, 0.6) is 0 Å². The Labute approximate surface area is 87.3 Å². The molecule has 0 radical (unpaired) electrons. The van der Waals surface area contributed by atoms with Crippen molar-refractivity contribution in [2.45, 2.75) is 26.1 Å². The fourth-order valence-corrected chi connectivity index (χ4v) is 1.65. The molecule has 0 heterocycles. The first-order chi connectivity index (χ1) is 6.86. The normalized spacial score (nSPS) is 14.0. The highest BCUT2D eigenvalue weighted by atomic mass is 19.4. The number of hydrogen-bond acceptors (Lipinski definition) is 1. The quantitative estimate of drug-likeness (QED) is 0.802. The average molecular weight is 217 g/mol. The van der Waals surface area contributed by atoms with Crippen molar-refractivity contribution < 1.29 is 13.2 Å². The number of alkyl halides is 3. The maximum absolute atomic E-state index is 12.6. The van der Waals surface area contributed by atoms with Crippen molar-refractivity contribution in [2.75, 3.05) is 7.05 Å². The molecular weight excluding hydrogens is 203 g/mol. The second kappa shape index (κ2) is 4.23. The zero-order chi connectivity index (χ0) is 11.6. The number of nitrogens with one attached hydrogen (secondary N) is 1. The topological polar surface area (TPSA) is 12.0 Å². The molecule has 0 aliphatic heterocycles. The summed E-state index contributed by atoms with van der Waals surface area (Å²) in [6, 6.07) is 3.39. The summed E-state index contributed by atoms with van der Waals surface area (Å²) in [5.41, 5.74) is 1.91. The van der Waals surface area contributed by atoms with E-state index in [0.717, 1.165) is 5.56 Å². The van der Waals surface area contributed by atoms with Crippen LogP contribution in [0.15, 0.2) is 18.2 Å². The van der Waals surface area contributed by atoms with E-state index in [1.807, 2.05) is 6.92 Å². The number of halogens is 3. The molecule has 1 unspecified atom stereocenters. The number of rotatable bonds is 2. The number of benzene rings is 1. The molecule has 0 fully saturated rings. The minimum atomic E-state index is -4.26. The van der Waals surface area contributed by atoms with Gasteiger partial charge in [-0.25, -0.2) is 0 Å². The van der Waals surface area contributed by atoms with Crippen LogP contribution in [0.2, 0.25) is 0 Å². The Morgan fingerprint density at radius 3 is 2.20 bits per heavy atom. The van der Waals surface area contributed by atoms with Gasteiger partial charge in [0, 0.05) is 0 Å². The first kappa shape index (κ1) is 12.0. The minimum absolute atomic E-state index is 0.288. The molecular formula is C11H14F3N. The molecule has 0 spiro atoms. The highest BCUT2D eigenvalue weighted by molar-refractivity contribution is 5.33. The maximum atomic E-state index is 12.6. The van der Waals surface area contributed by atoms with Crippen LogP contribution in [-0.2, 0) is 0 Å². The lowest BCUT2D eigenvalue weighted by Gasteiger charge is -2.21. The van der Waals surface area contributed by atoms with E-state index < -0.39 is 12.2 Å². The van der Waals surface area contributed by atoms with Gasteiger partial charge >= 0.3 is 6.18 Å². The molecule has 1 atom stereocenters. The molecule has 1 rings (SSSR count). The molecule has 0 saturated heterocycles. The molecule has 1 nitrogen and oxygen atoms in total. The van der Waals surface area contributed by atoms with Gasteiger partial charge in [0.1, 0.15) is 6.04 Å². The van der Waals surface area contributed by atoms with Crippen molar-refractivity contribution in [2.24, 2.45) is 0 Å². The fourth-order valence-electron chi connectivity index (χ4n) is 1.65. The molecule has 1 aromatic rings. The molecule has 4 heteroatoms. The summed E-state index contributed by atoms with van der Waals surface area (Å²) >= 11 is 0. The van der Waals surface area contributed by atoms with Crippen molar-refractivity contribution in [1.29, 1.82) is 0 Å². The highest BCUT2D eigenvalue weighted by Gasteiger charge is 2.40. The molecule has 0 aromatic heterocycles. The van der Waals surface area contributed by atoms with Gasteiger partial charge in [0.2, 0.25) is 0 Å². The van der Waals surface area contributed by atoms with Crippen LogP contribution in [-0.4, -0.2) is 13.2 Å². The molecule has 1 N–H and O–H groups in total. The number of aryl methyl sites for hydroxylation is 2. The van der Waals surface area contributed by atoms with E-state index in [4.69, 9.17) is 0 Å². The fraction of sp³-hybridized carbons (Fsp3) is 0.455. The van der Waals surface area contributed by atoms with Gasteiger partial charge in [0.15, 0.2) is 0 Å². The molecule has 0 aliphatic carbocycles. The second-order valence-corrected chi connectivity index (χ2v) is 3.62. The van der Waals surface area contributed by atoms with Crippen LogP contribution >= 0.6 is 0 Å². The summed E-state index contributed by atoms with van der Waals surface area (Å²) in [6.07, 6.45) is -4.26. The maximum Gasteiger partial charge on any atom is 0.407 e. The predicted octanol–water partition coefficient (Wildman–Crippen LogP) is 3.13. The van der Waals surface area contributed by atoms with Crippen LogP contribution < -0.4 is 5.32 Å². The first-order valence-corrected chi connectivity index (χ1v) is 4.67. The SMILES string of the molecule is CNC(c1ccc(C)cc1C)C(F)(F)F. The van der Waals surface area contributed by atoms with Gasteiger partial charge in [-0.05, 0) is 32.0 Å². The Hall–Kier alpha value is -1.03. The van der Waals surface area contributed by atoms with Crippen LogP contribution in [0.4, 0.5) is 13.2 Å². The van der Waals surface area contributed by atoms with Crippen LogP contribution in [0.1, 0.15) is 22.7 Å². The van der Waals surface area contributed by atoms with E-state index in [1.165, 1.54) is 13.1 Å². The molecule has 15 heavy (non-hydrogen) atoms. The predicted molar refractivity (Wildman–Crippen MR) is 53.8 cm³/mol. The van der Waals surface area contributed by atoms with Crippen LogP contribution in [0, 0.1) is 13.8 Å². The van der Waals surface area contributed by atoms with Crippen molar-refractivity contribution >= 4 is 0 Å². The van der Waals surface area contributed by atoms with Crippen LogP contribution in [0.3, 0.4) is 0 Å². The average Bonchev–Trinajstić information content (AvgIpc) is 2.07. The Kier molecular flexibility index (Phi) is 3.39. The monoisotopic (exact) mass is 217 g/mol. The van der Waals surface area contributed by atoms with Gasteiger partial charge in [0.25, 0.3) is 0 Å². The van der Waals surface area contributed by atoms with Gasteiger partial charge in [0.05, 0.1) is 0 Å². The summed E-state index contributed by atoms with van der Waals surface area (Å²) in [6.45, 7) is 3.55. The van der Waals surface area contributed by atoms with Crippen molar-refractivity contribution in [1.82, 2.24) is 5.32 Å². The smallest absolute Gasteiger partial charge is 0.306 e. The summed E-state index contributed by atoms with van der Waals surface area (Å²) in [5, 5.41) is 2.29. The van der Waals surface area contributed by atoms with Crippen molar-refractivity contribution in [3.63, 3.8) is 0 Å². The molecule has 0 amide bonds. The zero-order valence-corrected chi connectivity index (χ0v) is 8.94. The number of hydrogen-bond donors (Lipinski definition) is 1. The molecule has 1 aromatic carbocycles. The van der Waals surface area contributed by atoms with Crippen molar-refractivity contribution in [3.05, 3.63) is 34.9 Å². The molecule has 0 bridgehead atoms. The highest BCUT2D eigenvalue weighted by Crippen LogP contribution is 2.33. The Morgan fingerprint density at radius 1 is 1.20 bits per heavy atom. The van der Waals surface area contributed by atoms with Gasteiger partial charge in [-0.3, -0.25) is 0 Å². The minimum Gasteiger partial charge on any atom is -0.306 e. The molecule has 0 saturated carbocycles. The third-order valence-corrected chi connectivity index (χ3v) is 2.35. The lowest BCUT2D eigenvalue weighted by atomic mass is 9.99. The summed E-state index contributed by atoms with van der Waals surface area (Å²) in [5.74, 6) is 0. The van der Waals surface area contributed by atoms with E-state index in [1.54, 1.807) is 19.1 Å². The standard InChI is InChI=1S/C11H14F3N/c1-7-4-5-9(8(2)6-7)10(15-3)11(12,13)14/h4-6,10,15H,1-3H3. The van der Waals surface area contributed by atoms with E-state index in [9.17, 15) is 13.2 Å². The second-order valence-electron chi connectivity index (χ2n) is 3.62.